The molecule has 3 heterocycles. The van der Waals surface area contributed by atoms with E-state index in [9.17, 15) is 9.59 Å². The van der Waals surface area contributed by atoms with Gasteiger partial charge in [-0.25, -0.2) is 4.98 Å². The molecule has 4 aromatic rings. The van der Waals surface area contributed by atoms with Crippen molar-refractivity contribution in [1.29, 1.82) is 0 Å². The Kier molecular flexibility index (Phi) is 7.36. The summed E-state index contributed by atoms with van der Waals surface area (Å²) in [6.07, 6.45) is 1.63. The third-order valence-electron chi connectivity index (χ3n) is 6.81. The molecule has 5 rings (SSSR count). The molecular formula is C31H31N5O2. The zero-order valence-electron chi connectivity index (χ0n) is 22.0. The number of rotatable bonds is 4. The number of benzene rings is 2. The van der Waals surface area contributed by atoms with Gasteiger partial charge in [-0.1, -0.05) is 24.0 Å². The van der Waals surface area contributed by atoms with Crippen LogP contribution in [0, 0.1) is 25.7 Å². The van der Waals surface area contributed by atoms with E-state index in [2.05, 4.69) is 63.0 Å². The standard InChI is InChI=1S/C31H31N5O2/c1-21-14-24(20-36-12-10-35(3)11-13-36)17-28(15-21)33-31(38)27-6-4-22(2)25(18-27)7-5-23-16-26-8-9-29(37)34-30(26)32-19-23/h4,6,8-9,14-19H,10-13,20H2,1-3H3,(H,33,38)(H,32,34,37). The summed E-state index contributed by atoms with van der Waals surface area (Å²) < 4.78 is 0. The normalized spacial score (nSPS) is 14.2. The van der Waals surface area contributed by atoms with Crippen LogP contribution in [0.5, 0.6) is 0 Å². The molecule has 192 valence electrons. The largest absolute Gasteiger partial charge is 0.322 e. The molecule has 1 aliphatic heterocycles. The van der Waals surface area contributed by atoms with E-state index in [1.54, 1.807) is 12.3 Å². The van der Waals surface area contributed by atoms with Gasteiger partial charge in [0.15, 0.2) is 0 Å². The number of hydrogen-bond acceptors (Lipinski definition) is 5. The van der Waals surface area contributed by atoms with Gasteiger partial charge in [0.25, 0.3) is 5.91 Å². The first kappa shape index (κ1) is 25.4. The molecule has 1 fully saturated rings. The highest BCUT2D eigenvalue weighted by atomic mass is 16.1. The van der Waals surface area contributed by atoms with Crippen LogP contribution >= 0.6 is 0 Å². The fraction of sp³-hybridized carbons (Fsp3) is 0.258. The Balaban J connectivity index is 1.32. The van der Waals surface area contributed by atoms with Gasteiger partial charge in [0.2, 0.25) is 5.56 Å². The number of piperazine rings is 1. The first-order valence-corrected chi connectivity index (χ1v) is 12.8. The first-order valence-electron chi connectivity index (χ1n) is 12.8. The van der Waals surface area contributed by atoms with Gasteiger partial charge in [0.1, 0.15) is 5.65 Å². The van der Waals surface area contributed by atoms with E-state index in [0.717, 1.165) is 66.1 Å². The van der Waals surface area contributed by atoms with E-state index >= 15 is 0 Å². The summed E-state index contributed by atoms with van der Waals surface area (Å²) in [5.41, 5.74) is 6.50. The Morgan fingerprint density at radius 2 is 1.82 bits per heavy atom. The topological polar surface area (TPSA) is 81.3 Å². The van der Waals surface area contributed by atoms with Gasteiger partial charge in [0, 0.05) is 72.8 Å². The highest BCUT2D eigenvalue weighted by Crippen LogP contribution is 2.19. The molecule has 1 aliphatic rings. The molecule has 1 saturated heterocycles. The van der Waals surface area contributed by atoms with Crippen molar-refractivity contribution < 1.29 is 4.79 Å². The highest BCUT2D eigenvalue weighted by molar-refractivity contribution is 6.04. The first-order chi connectivity index (χ1) is 18.3. The predicted octanol–water partition coefficient (Wildman–Crippen LogP) is 3.94. The number of anilines is 1. The molecule has 0 radical (unpaired) electrons. The number of carbonyl (C=O) groups excluding carboxylic acids is 1. The van der Waals surface area contributed by atoms with Crippen molar-refractivity contribution in [2.75, 3.05) is 38.5 Å². The molecule has 0 atom stereocenters. The van der Waals surface area contributed by atoms with E-state index in [0.29, 0.717) is 11.2 Å². The summed E-state index contributed by atoms with van der Waals surface area (Å²) in [5.74, 6) is 6.15. The van der Waals surface area contributed by atoms with Crippen LogP contribution in [0.4, 0.5) is 5.69 Å². The number of nitrogens with one attached hydrogen (secondary N) is 2. The Morgan fingerprint density at radius 1 is 1.00 bits per heavy atom. The van der Waals surface area contributed by atoms with Crippen molar-refractivity contribution in [2.45, 2.75) is 20.4 Å². The lowest BCUT2D eigenvalue weighted by Gasteiger charge is -2.32. The van der Waals surface area contributed by atoms with Crippen LogP contribution in [0.25, 0.3) is 11.0 Å². The van der Waals surface area contributed by atoms with Crippen molar-refractivity contribution >= 4 is 22.6 Å². The molecule has 0 aliphatic carbocycles. The zero-order valence-corrected chi connectivity index (χ0v) is 22.0. The Labute approximate surface area is 222 Å². The zero-order chi connectivity index (χ0) is 26.6. The van der Waals surface area contributed by atoms with Crippen molar-refractivity contribution in [3.05, 3.63) is 105 Å². The molecule has 2 N–H and O–H groups in total. The lowest BCUT2D eigenvalue weighted by Crippen LogP contribution is -2.43. The smallest absolute Gasteiger partial charge is 0.255 e. The summed E-state index contributed by atoms with van der Waals surface area (Å²) in [6.45, 7) is 9.16. The number of fused-ring (bicyclic) bond motifs is 1. The number of aromatic nitrogens is 2. The number of carbonyl (C=O) groups is 1. The lowest BCUT2D eigenvalue weighted by atomic mass is 10.0. The number of nitrogens with zero attached hydrogens (tertiary/aromatic N) is 3. The van der Waals surface area contributed by atoms with Gasteiger partial charge in [-0.2, -0.15) is 0 Å². The van der Waals surface area contributed by atoms with Gasteiger partial charge in [-0.05, 0) is 74.0 Å². The molecule has 0 unspecified atom stereocenters. The molecule has 0 saturated carbocycles. The summed E-state index contributed by atoms with van der Waals surface area (Å²) in [4.78, 5) is 36.4. The fourth-order valence-corrected chi connectivity index (χ4v) is 4.64. The van der Waals surface area contributed by atoms with Crippen LogP contribution in [0.2, 0.25) is 0 Å². The Morgan fingerprint density at radius 3 is 2.63 bits per heavy atom. The molecule has 2 aromatic heterocycles. The summed E-state index contributed by atoms with van der Waals surface area (Å²) in [7, 11) is 2.16. The second-order valence-corrected chi connectivity index (χ2v) is 10.0. The van der Waals surface area contributed by atoms with E-state index in [4.69, 9.17) is 0 Å². The van der Waals surface area contributed by atoms with Gasteiger partial charge in [-0.15, -0.1) is 0 Å². The molecule has 0 bridgehead atoms. The average Bonchev–Trinajstić information content (AvgIpc) is 2.89. The molecule has 38 heavy (non-hydrogen) atoms. The van der Waals surface area contributed by atoms with Gasteiger partial charge < -0.3 is 15.2 Å². The minimum Gasteiger partial charge on any atom is -0.322 e. The van der Waals surface area contributed by atoms with Gasteiger partial charge >= 0.3 is 0 Å². The maximum atomic E-state index is 13.2. The number of aromatic amines is 1. The summed E-state index contributed by atoms with van der Waals surface area (Å²) in [6, 6.07) is 16.9. The SMILES string of the molecule is Cc1cc(CN2CCN(C)CC2)cc(NC(=O)c2ccc(C)c(C#Cc3cnc4[nH]c(=O)ccc4c3)c2)c1. The van der Waals surface area contributed by atoms with Crippen molar-refractivity contribution in [3.8, 4) is 11.8 Å². The van der Waals surface area contributed by atoms with Crippen molar-refractivity contribution in [2.24, 2.45) is 0 Å². The van der Waals surface area contributed by atoms with E-state index in [-0.39, 0.29) is 11.5 Å². The molecule has 0 spiro atoms. The second-order valence-electron chi connectivity index (χ2n) is 10.0. The average molecular weight is 506 g/mol. The number of aryl methyl sites for hydroxylation is 2. The van der Waals surface area contributed by atoms with Gasteiger partial charge in [-0.3, -0.25) is 14.5 Å². The second kappa shape index (κ2) is 11.0. The van der Waals surface area contributed by atoms with E-state index < -0.39 is 0 Å². The van der Waals surface area contributed by atoms with E-state index in [1.807, 2.05) is 37.3 Å². The van der Waals surface area contributed by atoms with E-state index in [1.165, 1.54) is 11.6 Å². The fourth-order valence-electron chi connectivity index (χ4n) is 4.64. The number of likely N-dealkylation sites (N-methyl/N-ethyl adjacent to an activating group) is 1. The molecular weight excluding hydrogens is 474 g/mol. The molecule has 7 nitrogen and oxygen atoms in total. The van der Waals surface area contributed by atoms with Crippen molar-refractivity contribution in [3.63, 3.8) is 0 Å². The van der Waals surface area contributed by atoms with Crippen molar-refractivity contribution in [1.82, 2.24) is 19.8 Å². The Hall–Kier alpha value is -4.25. The van der Waals surface area contributed by atoms with Gasteiger partial charge in [0.05, 0.1) is 0 Å². The number of pyridine rings is 2. The quantitative estimate of drug-likeness (QED) is 0.411. The molecule has 1 amide bonds. The summed E-state index contributed by atoms with van der Waals surface area (Å²) in [5, 5.41) is 3.89. The third kappa shape index (κ3) is 6.17. The van der Waals surface area contributed by atoms with Crippen LogP contribution in [0.1, 0.15) is 38.2 Å². The van der Waals surface area contributed by atoms with Crippen LogP contribution in [0.3, 0.4) is 0 Å². The summed E-state index contributed by atoms with van der Waals surface area (Å²) >= 11 is 0. The maximum Gasteiger partial charge on any atom is 0.255 e. The van der Waals surface area contributed by atoms with Crippen LogP contribution in [0.15, 0.2) is 65.6 Å². The van der Waals surface area contributed by atoms with Crippen LogP contribution < -0.4 is 10.9 Å². The minimum absolute atomic E-state index is 0.166. The third-order valence-corrected chi connectivity index (χ3v) is 6.81. The predicted molar refractivity (Wildman–Crippen MR) is 151 cm³/mol. The molecule has 7 heteroatoms. The minimum atomic E-state index is -0.188. The number of hydrogen-bond donors (Lipinski definition) is 2. The maximum absolute atomic E-state index is 13.2. The van der Waals surface area contributed by atoms with Crippen LogP contribution in [-0.2, 0) is 6.54 Å². The lowest BCUT2D eigenvalue weighted by molar-refractivity contribution is 0.102. The van der Waals surface area contributed by atoms with Crippen LogP contribution in [-0.4, -0.2) is 58.9 Å². The molecule has 2 aromatic carbocycles. The number of H-pyrrole nitrogens is 1. The highest BCUT2D eigenvalue weighted by Gasteiger charge is 2.15. The monoisotopic (exact) mass is 505 g/mol. The Bertz CT molecular complexity index is 1620. The number of amides is 1.